The van der Waals surface area contributed by atoms with Crippen molar-refractivity contribution >= 4 is 29.3 Å². The molecule has 16 heavy (non-hydrogen) atoms. The molecule has 0 amide bonds. The van der Waals surface area contributed by atoms with E-state index in [1.54, 1.807) is 30.6 Å². The summed E-state index contributed by atoms with van der Waals surface area (Å²) in [6.45, 7) is 3.90. The van der Waals surface area contributed by atoms with Gasteiger partial charge in [-0.05, 0) is 19.6 Å². The van der Waals surface area contributed by atoms with Crippen LogP contribution in [0.4, 0.5) is 0 Å². The van der Waals surface area contributed by atoms with Crippen LogP contribution in [0.2, 0.25) is 0 Å². The van der Waals surface area contributed by atoms with Crippen molar-refractivity contribution in [1.29, 1.82) is 0 Å². The lowest BCUT2D eigenvalue weighted by molar-refractivity contribution is -0.119. The predicted molar refractivity (Wildman–Crippen MR) is 76.6 cm³/mol. The normalized spacial score (nSPS) is 15.3. The highest BCUT2D eigenvalue weighted by molar-refractivity contribution is 7.98. The zero-order chi connectivity index (χ0) is 13.3. The summed E-state index contributed by atoms with van der Waals surface area (Å²) in [5.41, 5.74) is 0. The maximum atomic E-state index is 11.9. The first-order chi connectivity index (χ1) is 8.06. The molecule has 2 unspecified atom stereocenters. The van der Waals surface area contributed by atoms with Gasteiger partial charge in [0.1, 0.15) is 0 Å². The topological polar surface area (TPSA) is 41.1 Å². The van der Waals surface area contributed by atoms with Gasteiger partial charge in [0.05, 0.1) is 14.0 Å². The van der Waals surface area contributed by atoms with Crippen LogP contribution in [0.1, 0.15) is 1.37 Å². The molecule has 0 fully saturated rings. The van der Waals surface area contributed by atoms with Crippen LogP contribution in [0.5, 0.6) is 0 Å². The Bertz CT molecular complexity index is 252. The van der Waals surface area contributed by atoms with Crippen molar-refractivity contribution in [2.75, 3.05) is 37.6 Å². The molecular weight excluding hydrogens is 240 g/mol. The fourth-order valence-corrected chi connectivity index (χ4v) is 2.46. The number of likely N-dealkylation sites (N-methyl/N-ethyl adjacent to an activating group) is 1. The monoisotopic (exact) mass is 264 g/mol. The third-order valence-corrected chi connectivity index (χ3v) is 3.51. The predicted octanol–water partition coefficient (Wildman–Crippen LogP) is 1.01. The van der Waals surface area contributed by atoms with Crippen LogP contribution in [-0.2, 0) is 4.79 Å². The van der Waals surface area contributed by atoms with Gasteiger partial charge in [0, 0.05) is 17.5 Å². The standard InChI is InChI=1S/C11H22N2OS2/c1-5-9(7-15-3)13-6-11(14)10(12-2)8-16-4/h5,9-10,12-13H,1,6-8H2,2-4H3/i5T. The Morgan fingerprint density at radius 1 is 1.50 bits per heavy atom. The summed E-state index contributed by atoms with van der Waals surface area (Å²) in [6, 6.07) is 0.102. The van der Waals surface area contributed by atoms with Crippen molar-refractivity contribution in [1.82, 2.24) is 10.6 Å². The third-order valence-electron chi connectivity index (χ3n) is 2.17. The van der Waals surface area contributed by atoms with Crippen LogP contribution in [0.15, 0.2) is 12.6 Å². The zero-order valence-corrected chi connectivity index (χ0v) is 11.8. The molecule has 0 heterocycles. The Morgan fingerprint density at radius 2 is 2.12 bits per heavy atom. The smallest absolute Gasteiger partial charge is 0.164 e. The fraction of sp³-hybridized carbons (Fsp3) is 0.727. The second kappa shape index (κ2) is 10.2. The summed E-state index contributed by atoms with van der Waals surface area (Å²) in [5.74, 6) is 1.67. The van der Waals surface area contributed by atoms with Crippen LogP contribution < -0.4 is 10.6 Å². The summed E-state index contributed by atoms with van der Waals surface area (Å²) >= 11 is 3.28. The molecule has 0 aromatic carbocycles. The van der Waals surface area contributed by atoms with E-state index in [0.29, 0.717) is 6.05 Å². The summed E-state index contributed by atoms with van der Waals surface area (Å²) in [4.78, 5) is 11.9. The first-order valence-corrected chi connectivity index (χ1v) is 7.92. The molecule has 0 bridgehead atoms. The van der Waals surface area contributed by atoms with Gasteiger partial charge in [0.15, 0.2) is 5.78 Å². The van der Waals surface area contributed by atoms with E-state index in [1.165, 1.54) is 0 Å². The Kier molecular flexibility index (Phi) is 8.98. The minimum absolute atomic E-state index is 0.110. The van der Waals surface area contributed by atoms with Gasteiger partial charge in [0.25, 0.3) is 0 Å². The Morgan fingerprint density at radius 3 is 2.56 bits per heavy atom. The molecule has 2 atom stereocenters. The van der Waals surface area contributed by atoms with Crippen molar-refractivity contribution in [3.8, 4) is 0 Å². The number of ketones is 1. The van der Waals surface area contributed by atoms with E-state index in [4.69, 9.17) is 1.37 Å². The minimum atomic E-state index is -0.119. The summed E-state index contributed by atoms with van der Waals surface area (Å²) < 4.78 is 7.51. The molecule has 0 spiro atoms. The number of hydrogen-bond donors (Lipinski definition) is 2. The molecule has 2 N–H and O–H groups in total. The van der Waals surface area contributed by atoms with Crippen molar-refractivity contribution in [3.05, 3.63) is 12.6 Å². The molecule has 0 aromatic rings. The average molecular weight is 264 g/mol. The maximum absolute atomic E-state index is 11.9. The van der Waals surface area contributed by atoms with E-state index in [1.807, 2.05) is 12.5 Å². The SMILES string of the molecule is [3H]C(=C)C(CSC)NCC(=O)C(CSC)NC. The molecule has 0 saturated heterocycles. The lowest BCUT2D eigenvalue weighted by Gasteiger charge is -2.17. The van der Waals surface area contributed by atoms with Gasteiger partial charge in [-0.3, -0.25) is 4.79 Å². The average Bonchev–Trinajstić information content (AvgIpc) is 2.30. The number of carbonyl (C=O) groups is 1. The second-order valence-electron chi connectivity index (χ2n) is 3.36. The zero-order valence-electron chi connectivity index (χ0n) is 11.2. The van der Waals surface area contributed by atoms with E-state index in [2.05, 4.69) is 17.2 Å². The number of rotatable bonds is 10. The van der Waals surface area contributed by atoms with E-state index in [0.717, 1.165) is 11.5 Å². The highest BCUT2D eigenvalue weighted by Crippen LogP contribution is 2.00. The number of Topliss-reactive ketones (excluding diaryl/α,β-unsaturated/α-hetero) is 1. The van der Waals surface area contributed by atoms with Gasteiger partial charge >= 0.3 is 0 Å². The summed E-state index contributed by atoms with van der Waals surface area (Å²) in [6.07, 6.45) is 3.96. The molecule has 0 aliphatic rings. The van der Waals surface area contributed by atoms with E-state index >= 15 is 0 Å². The Labute approximate surface area is 109 Å². The minimum Gasteiger partial charge on any atom is -0.310 e. The third kappa shape index (κ3) is 6.58. The van der Waals surface area contributed by atoms with E-state index in [-0.39, 0.29) is 24.4 Å². The quantitative estimate of drug-likeness (QED) is 0.577. The number of carbonyl (C=O) groups excluding carboxylic acids is 1. The van der Waals surface area contributed by atoms with Crippen molar-refractivity contribution in [2.45, 2.75) is 12.1 Å². The molecule has 0 radical (unpaired) electrons. The van der Waals surface area contributed by atoms with Crippen LogP contribution in [0.3, 0.4) is 0 Å². The van der Waals surface area contributed by atoms with Crippen LogP contribution in [0, 0.1) is 0 Å². The second-order valence-corrected chi connectivity index (χ2v) is 5.18. The van der Waals surface area contributed by atoms with E-state index in [9.17, 15) is 4.79 Å². The van der Waals surface area contributed by atoms with Gasteiger partial charge in [-0.2, -0.15) is 23.5 Å². The number of thioether (sulfide) groups is 2. The summed E-state index contributed by atoms with van der Waals surface area (Å²) in [5, 5.41) is 6.09. The first-order valence-electron chi connectivity index (χ1n) is 5.63. The largest absolute Gasteiger partial charge is 0.310 e. The van der Waals surface area contributed by atoms with Gasteiger partial charge < -0.3 is 10.6 Å². The highest BCUT2D eigenvalue weighted by atomic mass is 32.2. The Balaban J connectivity index is 4.14. The molecule has 0 aliphatic carbocycles. The molecule has 0 aliphatic heterocycles. The lowest BCUT2D eigenvalue weighted by Crippen LogP contribution is -2.44. The van der Waals surface area contributed by atoms with Crippen LogP contribution in [-0.4, -0.2) is 55.5 Å². The molecule has 94 valence electrons. The van der Waals surface area contributed by atoms with E-state index < -0.39 is 0 Å². The molecular formula is C11H22N2OS2. The van der Waals surface area contributed by atoms with Crippen molar-refractivity contribution in [2.24, 2.45) is 0 Å². The maximum Gasteiger partial charge on any atom is 0.164 e. The highest BCUT2D eigenvalue weighted by Gasteiger charge is 2.16. The van der Waals surface area contributed by atoms with Gasteiger partial charge in [-0.15, -0.1) is 6.58 Å². The summed E-state index contributed by atoms with van der Waals surface area (Å²) in [7, 11) is 1.79. The van der Waals surface area contributed by atoms with Crippen LogP contribution in [0.25, 0.3) is 0 Å². The number of hydrogen-bond acceptors (Lipinski definition) is 5. The Hall–Kier alpha value is 0.0300. The van der Waals surface area contributed by atoms with Gasteiger partial charge in [0.2, 0.25) is 0 Å². The fourth-order valence-electron chi connectivity index (χ4n) is 1.21. The molecule has 3 nitrogen and oxygen atoms in total. The van der Waals surface area contributed by atoms with Crippen LogP contribution >= 0.6 is 23.5 Å². The van der Waals surface area contributed by atoms with Gasteiger partial charge in [-0.1, -0.05) is 6.05 Å². The molecule has 0 aromatic heterocycles. The number of nitrogens with one attached hydrogen (secondary N) is 2. The molecule has 0 rings (SSSR count). The van der Waals surface area contributed by atoms with Gasteiger partial charge in [-0.25, -0.2) is 0 Å². The molecule has 5 heteroatoms. The van der Waals surface area contributed by atoms with Crippen molar-refractivity contribution < 1.29 is 6.17 Å². The molecule has 0 saturated carbocycles. The lowest BCUT2D eigenvalue weighted by atomic mass is 10.2. The first kappa shape index (κ1) is 14.1. The van der Waals surface area contributed by atoms with Crippen molar-refractivity contribution in [3.63, 3.8) is 0 Å².